The number of aliphatic carboxylic acids is 1. The molecule has 2 atom stereocenters. The molecule has 114 valence electrons. The molecule has 1 unspecified atom stereocenters. The SMILES string of the molecule is CC1=C(C(=O)O)N2C(=O)C(NC(=O)CC(=O)CBr)[C@@H]2SC1. The third-order valence-corrected chi connectivity index (χ3v) is 5.23. The van der Waals surface area contributed by atoms with Crippen LogP contribution in [-0.4, -0.2) is 56.1 Å². The minimum Gasteiger partial charge on any atom is -0.477 e. The molecule has 2 heterocycles. The molecule has 2 aliphatic heterocycles. The Morgan fingerprint density at radius 2 is 2.14 bits per heavy atom. The van der Waals surface area contributed by atoms with Crippen molar-refractivity contribution in [1.82, 2.24) is 10.2 Å². The van der Waals surface area contributed by atoms with Crippen LogP contribution in [0.1, 0.15) is 13.3 Å². The molecule has 0 aromatic heterocycles. The van der Waals surface area contributed by atoms with Crippen molar-refractivity contribution in [3.8, 4) is 0 Å². The second-order valence-electron chi connectivity index (χ2n) is 4.74. The number of hydrogen-bond donors (Lipinski definition) is 2. The number of Topliss-reactive ketones (excluding diaryl/α,β-unsaturated/α-hetero) is 1. The van der Waals surface area contributed by atoms with E-state index in [-0.39, 0.29) is 23.2 Å². The van der Waals surface area contributed by atoms with Crippen LogP contribution in [0.4, 0.5) is 0 Å². The summed E-state index contributed by atoms with van der Waals surface area (Å²) in [6, 6.07) is -0.770. The first-order chi connectivity index (χ1) is 9.86. The molecule has 1 saturated heterocycles. The zero-order valence-electron chi connectivity index (χ0n) is 11.1. The number of nitrogens with zero attached hydrogens (tertiary/aromatic N) is 1. The highest BCUT2D eigenvalue weighted by Crippen LogP contribution is 2.40. The van der Waals surface area contributed by atoms with E-state index in [4.69, 9.17) is 5.11 Å². The molecule has 0 saturated carbocycles. The minimum atomic E-state index is -1.15. The van der Waals surface area contributed by atoms with Crippen molar-refractivity contribution in [3.05, 3.63) is 11.3 Å². The average molecular weight is 377 g/mol. The van der Waals surface area contributed by atoms with Gasteiger partial charge in [0.1, 0.15) is 17.1 Å². The van der Waals surface area contributed by atoms with Crippen molar-refractivity contribution in [2.45, 2.75) is 24.8 Å². The molecular weight excluding hydrogens is 364 g/mol. The number of amides is 2. The molecule has 0 aromatic carbocycles. The number of fused-ring (bicyclic) bond motifs is 1. The van der Waals surface area contributed by atoms with E-state index in [1.807, 2.05) is 0 Å². The number of carboxylic acid groups (broad SMARTS) is 1. The normalized spacial score (nSPS) is 24.3. The fraction of sp³-hybridized carbons (Fsp3) is 0.500. The van der Waals surface area contributed by atoms with Gasteiger partial charge < -0.3 is 10.4 Å². The molecule has 0 bridgehead atoms. The maximum atomic E-state index is 12.1. The molecule has 1 fully saturated rings. The van der Waals surface area contributed by atoms with Crippen molar-refractivity contribution < 1.29 is 24.3 Å². The Bertz CT molecular complexity index is 562. The summed E-state index contributed by atoms with van der Waals surface area (Å²) in [4.78, 5) is 47.3. The van der Waals surface area contributed by atoms with E-state index in [1.165, 1.54) is 16.7 Å². The van der Waals surface area contributed by atoms with Gasteiger partial charge in [0, 0.05) is 5.75 Å². The number of alkyl halides is 1. The molecule has 0 aromatic rings. The molecule has 2 N–H and O–H groups in total. The molecular formula is C12H13BrN2O5S. The largest absolute Gasteiger partial charge is 0.477 e. The van der Waals surface area contributed by atoms with Crippen molar-refractivity contribution in [2.24, 2.45) is 0 Å². The molecule has 21 heavy (non-hydrogen) atoms. The maximum absolute atomic E-state index is 12.1. The topological polar surface area (TPSA) is 104 Å². The van der Waals surface area contributed by atoms with Gasteiger partial charge in [-0.05, 0) is 12.5 Å². The van der Waals surface area contributed by atoms with E-state index >= 15 is 0 Å². The Labute approximate surface area is 133 Å². The number of β-lactam (4-membered cyclic amide) rings is 1. The van der Waals surface area contributed by atoms with Crippen LogP contribution in [0.5, 0.6) is 0 Å². The monoisotopic (exact) mass is 376 g/mol. The summed E-state index contributed by atoms with van der Waals surface area (Å²) < 4.78 is 0. The summed E-state index contributed by atoms with van der Waals surface area (Å²) in [7, 11) is 0. The van der Waals surface area contributed by atoms with E-state index in [0.717, 1.165) is 0 Å². The second-order valence-corrected chi connectivity index (χ2v) is 6.40. The molecule has 0 spiro atoms. The Morgan fingerprint density at radius 1 is 1.48 bits per heavy atom. The zero-order valence-corrected chi connectivity index (χ0v) is 13.5. The quantitative estimate of drug-likeness (QED) is 0.400. The first-order valence-corrected chi connectivity index (χ1v) is 8.28. The first-order valence-electron chi connectivity index (χ1n) is 6.11. The van der Waals surface area contributed by atoms with Gasteiger partial charge in [-0.2, -0.15) is 0 Å². The lowest BCUT2D eigenvalue weighted by atomic mass is 10.0. The molecule has 7 nitrogen and oxygen atoms in total. The fourth-order valence-electron chi connectivity index (χ4n) is 2.23. The third-order valence-electron chi connectivity index (χ3n) is 3.18. The third kappa shape index (κ3) is 2.98. The predicted octanol–water partition coefficient (Wildman–Crippen LogP) is 0.0990. The highest BCUT2D eigenvalue weighted by molar-refractivity contribution is 9.09. The number of carbonyl (C=O) groups excluding carboxylic acids is 3. The summed E-state index contributed by atoms with van der Waals surface area (Å²) in [5, 5.41) is 11.3. The fourth-order valence-corrected chi connectivity index (χ4v) is 3.72. The lowest BCUT2D eigenvalue weighted by Gasteiger charge is -2.49. The number of hydrogen-bond acceptors (Lipinski definition) is 5. The standard InChI is InChI=1S/C12H13BrN2O5S/c1-5-4-21-11-8(14-7(17)2-6(16)3-13)10(18)15(11)9(5)12(19)20/h8,11H,2-4H2,1H3,(H,14,17)(H,19,20)/t8?,11-/m0/s1. The van der Waals surface area contributed by atoms with E-state index in [9.17, 15) is 19.2 Å². The van der Waals surface area contributed by atoms with Crippen LogP contribution in [0.3, 0.4) is 0 Å². The number of carboxylic acids is 1. The van der Waals surface area contributed by atoms with E-state index in [0.29, 0.717) is 11.3 Å². The highest BCUT2D eigenvalue weighted by Gasteiger charge is 2.53. The van der Waals surface area contributed by atoms with Gasteiger partial charge in [0.25, 0.3) is 5.91 Å². The number of thioether (sulfide) groups is 1. The molecule has 0 radical (unpaired) electrons. The molecule has 2 aliphatic rings. The lowest BCUT2D eigenvalue weighted by molar-refractivity contribution is -0.150. The molecule has 0 aliphatic carbocycles. The number of carbonyl (C=O) groups is 4. The molecule has 9 heteroatoms. The highest BCUT2D eigenvalue weighted by atomic mass is 79.9. The number of nitrogens with one attached hydrogen (secondary N) is 1. The Balaban J connectivity index is 2.05. The zero-order chi connectivity index (χ0) is 15.7. The summed E-state index contributed by atoms with van der Waals surface area (Å²) in [5.74, 6) is -1.92. The van der Waals surface area contributed by atoms with E-state index in [2.05, 4.69) is 21.2 Å². The predicted molar refractivity (Wildman–Crippen MR) is 78.8 cm³/mol. The number of ketones is 1. The van der Waals surface area contributed by atoms with Gasteiger partial charge in [-0.3, -0.25) is 19.3 Å². The van der Waals surface area contributed by atoms with E-state index in [1.54, 1.807) is 6.92 Å². The summed E-state index contributed by atoms with van der Waals surface area (Å²) in [6.07, 6.45) is -0.299. The van der Waals surface area contributed by atoms with Gasteiger partial charge in [-0.25, -0.2) is 4.79 Å². The smallest absolute Gasteiger partial charge is 0.352 e. The van der Waals surface area contributed by atoms with Crippen molar-refractivity contribution >= 4 is 51.3 Å². The van der Waals surface area contributed by atoms with Crippen LogP contribution < -0.4 is 5.32 Å². The van der Waals surface area contributed by atoms with Gasteiger partial charge >= 0.3 is 5.97 Å². The molecule has 2 rings (SSSR count). The van der Waals surface area contributed by atoms with Crippen LogP contribution in [0.15, 0.2) is 11.3 Å². The number of rotatable bonds is 5. The first kappa shape index (κ1) is 16.0. The van der Waals surface area contributed by atoms with Crippen LogP contribution >= 0.6 is 27.7 Å². The summed E-state index contributed by atoms with van der Waals surface area (Å²) in [6.45, 7) is 1.67. The van der Waals surface area contributed by atoms with Crippen LogP contribution in [0.2, 0.25) is 0 Å². The van der Waals surface area contributed by atoms with Crippen molar-refractivity contribution in [3.63, 3.8) is 0 Å². The average Bonchev–Trinajstić information content (AvgIpc) is 2.43. The van der Waals surface area contributed by atoms with Gasteiger partial charge in [-0.15, -0.1) is 11.8 Å². The Hall–Kier alpha value is -1.35. The lowest BCUT2D eigenvalue weighted by Crippen LogP contribution is -2.70. The Morgan fingerprint density at radius 3 is 2.71 bits per heavy atom. The van der Waals surface area contributed by atoms with Gasteiger partial charge in [0.15, 0.2) is 5.78 Å². The van der Waals surface area contributed by atoms with Gasteiger partial charge in [-0.1, -0.05) is 15.9 Å². The minimum absolute atomic E-state index is 0.00853. The maximum Gasteiger partial charge on any atom is 0.352 e. The van der Waals surface area contributed by atoms with Crippen LogP contribution in [0, 0.1) is 0 Å². The van der Waals surface area contributed by atoms with Crippen LogP contribution in [-0.2, 0) is 19.2 Å². The van der Waals surface area contributed by atoms with Crippen LogP contribution in [0.25, 0.3) is 0 Å². The van der Waals surface area contributed by atoms with Crippen molar-refractivity contribution in [1.29, 1.82) is 0 Å². The second kappa shape index (κ2) is 6.18. The Kier molecular flexibility index (Phi) is 4.72. The summed E-state index contributed by atoms with van der Waals surface area (Å²) in [5.41, 5.74) is 0.613. The van der Waals surface area contributed by atoms with Crippen molar-refractivity contribution in [2.75, 3.05) is 11.1 Å². The number of halogens is 1. The summed E-state index contributed by atoms with van der Waals surface area (Å²) >= 11 is 4.35. The van der Waals surface area contributed by atoms with Gasteiger partial charge in [0.05, 0.1) is 11.8 Å². The van der Waals surface area contributed by atoms with E-state index < -0.39 is 29.2 Å². The van der Waals surface area contributed by atoms with Gasteiger partial charge in [0.2, 0.25) is 5.91 Å². The molecule has 2 amide bonds.